The van der Waals surface area contributed by atoms with Gasteiger partial charge in [0.05, 0.1) is 37.2 Å². The number of pyridine rings is 2. The SMILES string of the molecule is CCC(C)C(C(=O)NC(Cc1ccccc1)CC(O)C(Cc1ccc(-c2ccccn2)cc1)NC(=O)CC(C)(C)CNC(=O)OC)N1CC(=O)N(Cc2cccc(C)n2)C1=O. The number of nitrogens with zero attached hydrogens (tertiary/aromatic N) is 4. The number of hydrogen-bond donors (Lipinski definition) is 4. The molecule has 2 aromatic heterocycles. The number of alkyl carbamates (subject to hydrolysis) is 1. The van der Waals surface area contributed by atoms with Crippen LogP contribution in [0.25, 0.3) is 11.3 Å². The lowest BCUT2D eigenvalue weighted by Gasteiger charge is -2.34. The number of urea groups is 1. The molecular weight excluding hydrogens is 775 g/mol. The van der Waals surface area contributed by atoms with Crippen LogP contribution in [0.5, 0.6) is 0 Å². The summed E-state index contributed by atoms with van der Waals surface area (Å²) < 4.78 is 4.70. The zero-order valence-electron chi connectivity index (χ0n) is 36.0. The van der Waals surface area contributed by atoms with E-state index < -0.39 is 53.6 Å². The zero-order chi connectivity index (χ0) is 44.1. The van der Waals surface area contributed by atoms with Crippen molar-refractivity contribution in [3.05, 3.63) is 120 Å². The molecule has 1 aliphatic heterocycles. The van der Waals surface area contributed by atoms with Crippen LogP contribution in [0.2, 0.25) is 0 Å². The Morgan fingerprint density at radius 3 is 2.26 bits per heavy atom. The molecule has 0 bridgehead atoms. The Morgan fingerprint density at radius 1 is 0.902 bits per heavy atom. The predicted molar refractivity (Wildman–Crippen MR) is 232 cm³/mol. The Labute approximate surface area is 358 Å². The minimum atomic E-state index is -1.14. The van der Waals surface area contributed by atoms with E-state index in [9.17, 15) is 29.1 Å². The number of benzene rings is 2. The smallest absolute Gasteiger partial charge is 0.406 e. The molecule has 61 heavy (non-hydrogen) atoms. The molecule has 6 amide bonds. The van der Waals surface area contributed by atoms with Gasteiger partial charge in [-0.15, -0.1) is 0 Å². The standard InChI is InChI=1S/C47H59N7O7/c1-7-31(2)43(54-29-42(57)53(46(54)60)28-36-17-13-14-32(3)50-36)44(58)51-37(24-33-15-9-8-10-16-33)26-40(55)39(52-41(56)27-47(4,5)30-49-45(59)61-6)25-34-19-21-35(22-20-34)38-18-11-12-23-48-38/h8-23,31,37,39-40,43,55H,7,24-30H2,1-6H3,(H,49,59)(H,51,58)(H,52,56). The van der Waals surface area contributed by atoms with E-state index in [4.69, 9.17) is 4.74 Å². The highest BCUT2D eigenvalue weighted by Crippen LogP contribution is 2.25. The van der Waals surface area contributed by atoms with Crippen LogP contribution in [-0.4, -0.2) is 99.1 Å². The molecule has 4 N–H and O–H groups in total. The Kier molecular flexibility index (Phi) is 16.1. The lowest BCUT2D eigenvalue weighted by atomic mass is 9.88. The number of aromatic nitrogens is 2. The van der Waals surface area contributed by atoms with E-state index in [1.807, 2.05) is 120 Å². The van der Waals surface area contributed by atoms with Crippen LogP contribution in [0, 0.1) is 18.3 Å². The number of rotatable bonds is 20. The number of amides is 6. The van der Waals surface area contributed by atoms with Gasteiger partial charge < -0.3 is 30.7 Å². The molecule has 5 unspecified atom stereocenters. The van der Waals surface area contributed by atoms with Crippen molar-refractivity contribution in [1.82, 2.24) is 35.7 Å². The van der Waals surface area contributed by atoms with Crippen LogP contribution < -0.4 is 16.0 Å². The first-order chi connectivity index (χ1) is 29.2. The molecule has 0 radical (unpaired) electrons. The summed E-state index contributed by atoms with van der Waals surface area (Å²) in [4.78, 5) is 78.6. The molecule has 5 atom stereocenters. The maximum Gasteiger partial charge on any atom is 0.406 e. The number of imide groups is 1. The highest BCUT2D eigenvalue weighted by molar-refractivity contribution is 6.04. The monoisotopic (exact) mass is 833 g/mol. The van der Waals surface area contributed by atoms with Crippen molar-refractivity contribution in [2.75, 3.05) is 20.2 Å². The van der Waals surface area contributed by atoms with Crippen LogP contribution in [-0.2, 0) is 38.5 Å². The molecule has 0 saturated carbocycles. The second-order valence-electron chi connectivity index (χ2n) is 16.7. The molecule has 2 aromatic carbocycles. The summed E-state index contributed by atoms with van der Waals surface area (Å²) in [7, 11) is 1.27. The Bertz CT molecular complexity index is 2100. The largest absolute Gasteiger partial charge is 0.453 e. The van der Waals surface area contributed by atoms with E-state index >= 15 is 0 Å². The van der Waals surface area contributed by atoms with Crippen LogP contribution in [0.1, 0.15) is 69.5 Å². The van der Waals surface area contributed by atoms with E-state index in [-0.39, 0.29) is 50.7 Å². The van der Waals surface area contributed by atoms with Gasteiger partial charge in [0.25, 0.3) is 5.91 Å². The van der Waals surface area contributed by atoms with Gasteiger partial charge in [-0.05, 0) is 72.9 Å². The summed E-state index contributed by atoms with van der Waals surface area (Å²) in [5.41, 5.74) is 4.18. The average molecular weight is 834 g/mol. The topological polar surface area (TPSA) is 183 Å². The van der Waals surface area contributed by atoms with Crippen molar-refractivity contribution < 1.29 is 33.8 Å². The second kappa shape index (κ2) is 21.4. The first-order valence-electron chi connectivity index (χ1n) is 20.8. The quantitative estimate of drug-likeness (QED) is 0.0823. The highest BCUT2D eigenvalue weighted by Gasteiger charge is 2.44. The number of ether oxygens (including phenoxy) is 1. The number of carbonyl (C=O) groups excluding carboxylic acids is 5. The minimum Gasteiger partial charge on any atom is -0.453 e. The number of carbonyl (C=O) groups is 5. The summed E-state index contributed by atoms with van der Waals surface area (Å²) in [6.07, 6.45) is 1.25. The van der Waals surface area contributed by atoms with E-state index in [2.05, 4.69) is 25.9 Å². The number of nitrogens with one attached hydrogen (secondary N) is 3. The molecule has 1 saturated heterocycles. The third kappa shape index (κ3) is 13.2. The molecule has 14 heteroatoms. The lowest BCUT2D eigenvalue weighted by Crippen LogP contribution is -2.55. The first-order valence-corrected chi connectivity index (χ1v) is 20.8. The highest BCUT2D eigenvalue weighted by atomic mass is 16.5. The molecule has 0 spiro atoms. The molecule has 1 aliphatic rings. The molecule has 4 aromatic rings. The maximum atomic E-state index is 14.5. The van der Waals surface area contributed by atoms with Gasteiger partial charge in [-0.2, -0.15) is 0 Å². The molecule has 5 rings (SSSR count). The van der Waals surface area contributed by atoms with Gasteiger partial charge >= 0.3 is 12.1 Å². The zero-order valence-corrected chi connectivity index (χ0v) is 36.0. The third-order valence-electron chi connectivity index (χ3n) is 11.1. The van der Waals surface area contributed by atoms with Gasteiger partial charge in [-0.3, -0.25) is 29.3 Å². The van der Waals surface area contributed by atoms with E-state index in [0.29, 0.717) is 18.5 Å². The molecular formula is C47H59N7O7. The summed E-state index contributed by atoms with van der Waals surface area (Å²) in [6.45, 7) is 9.26. The van der Waals surface area contributed by atoms with Gasteiger partial charge in [0.15, 0.2) is 0 Å². The normalized spacial score (nSPS) is 15.4. The van der Waals surface area contributed by atoms with Crippen molar-refractivity contribution in [2.24, 2.45) is 11.3 Å². The minimum absolute atomic E-state index is 0.00846. The predicted octanol–water partition coefficient (Wildman–Crippen LogP) is 5.61. The van der Waals surface area contributed by atoms with Gasteiger partial charge in [0.1, 0.15) is 12.6 Å². The van der Waals surface area contributed by atoms with E-state index in [1.165, 1.54) is 12.0 Å². The van der Waals surface area contributed by atoms with E-state index in [0.717, 1.165) is 33.0 Å². The Hall–Kier alpha value is -6.15. The number of hydrogen-bond acceptors (Lipinski definition) is 9. The Morgan fingerprint density at radius 2 is 1.61 bits per heavy atom. The van der Waals surface area contributed by atoms with Gasteiger partial charge in [0, 0.05) is 36.5 Å². The third-order valence-corrected chi connectivity index (χ3v) is 11.1. The van der Waals surface area contributed by atoms with E-state index in [1.54, 1.807) is 12.3 Å². The summed E-state index contributed by atoms with van der Waals surface area (Å²) >= 11 is 0. The average Bonchev–Trinajstić information content (AvgIpc) is 3.51. The van der Waals surface area contributed by atoms with Crippen LogP contribution in [0.15, 0.2) is 97.2 Å². The van der Waals surface area contributed by atoms with Gasteiger partial charge in [-0.1, -0.05) is 101 Å². The van der Waals surface area contributed by atoms with Gasteiger partial charge in [-0.25, -0.2) is 9.59 Å². The molecule has 3 heterocycles. The van der Waals surface area contributed by atoms with Crippen LogP contribution >= 0.6 is 0 Å². The second-order valence-corrected chi connectivity index (χ2v) is 16.7. The van der Waals surface area contributed by atoms with Gasteiger partial charge in [0.2, 0.25) is 11.8 Å². The molecule has 14 nitrogen and oxygen atoms in total. The van der Waals surface area contributed by atoms with Crippen molar-refractivity contribution in [3.8, 4) is 11.3 Å². The van der Waals surface area contributed by atoms with Crippen molar-refractivity contribution in [2.45, 2.75) is 97.5 Å². The summed E-state index contributed by atoms with van der Waals surface area (Å²) in [5, 5.41) is 21.0. The van der Waals surface area contributed by atoms with Crippen LogP contribution in [0.4, 0.5) is 9.59 Å². The molecule has 0 aliphatic carbocycles. The number of aliphatic hydroxyl groups excluding tert-OH is 1. The fourth-order valence-electron chi connectivity index (χ4n) is 7.57. The van der Waals surface area contributed by atoms with Crippen molar-refractivity contribution >= 4 is 29.8 Å². The van der Waals surface area contributed by atoms with Crippen LogP contribution in [0.3, 0.4) is 0 Å². The van der Waals surface area contributed by atoms with Crippen molar-refractivity contribution in [1.29, 1.82) is 0 Å². The molecule has 1 fully saturated rings. The van der Waals surface area contributed by atoms with Crippen molar-refractivity contribution in [3.63, 3.8) is 0 Å². The number of aryl methyl sites for hydroxylation is 1. The first kappa shape index (κ1) is 45.9. The number of aliphatic hydroxyl groups is 1. The fraction of sp³-hybridized carbons (Fsp3) is 0.426. The molecule has 324 valence electrons. The maximum absolute atomic E-state index is 14.5. The summed E-state index contributed by atoms with van der Waals surface area (Å²) in [6, 6.07) is 25.5. The Balaban J connectivity index is 1.39. The fourth-order valence-corrected chi connectivity index (χ4v) is 7.57. The number of methoxy groups -OCH3 is 1. The lowest BCUT2D eigenvalue weighted by molar-refractivity contribution is -0.129. The summed E-state index contributed by atoms with van der Waals surface area (Å²) in [5.74, 6) is -1.49.